The van der Waals surface area contributed by atoms with Crippen LogP contribution >= 0.6 is 0 Å². The molecule has 0 saturated carbocycles. The molecule has 0 aliphatic rings. The molecule has 4 heteroatoms. The number of carbonyl (C=O) groups excluding carboxylic acids is 2. The molecule has 0 aromatic heterocycles. The van der Waals surface area contributed by atoms with Crippen molar-refractivity contribution < 1.29 is 19.1 Å². The average Bonchev–Trinajstić information content (AvgIpc) is 2.53. The second-order valence-electron chi connectivity index (χ2n) is 4.52. The summed E-state index contributed by atoms with van der Waals surface area (Å²) < 4.78 is 9.30. The SMILES string of the molecule is COC(=O)C/C(=C\c1ccc2ccccc2c1)C(=O)OC. The van der Waals surface area contributed by atoms with Gasteiger partial charge < -0.3 is 9.47 Å². The second kappa shape index (κ2) is 6.70. The number of fused-ring (bicyclic) bond motifs is 1. The molecule has 2 rings (SSSR count). The molecule has 0 unspecified atom stereocenters. The molecular formula is C17H16O4. The molecule has 0 N–H and O–H groups in total. The lowest BCUT2D eigenvalue weighted by Gasteiger charge is -2.05. The molecule has 0 saturated heterocycles. The van der Waals surface area contributed by atoms with Gasteiger partial charge in [0.15, 0.2) is 0 Å². The summed E-state index contributed by atoms with van der Waals surface area (Å²) in [7, 11) is 2.57. The summed E-state index contributed by atoms with van der Waals surface area (Å²) in [4.78, 5) is 23.1. The van der Waals surface area contributed by atoms with Crippen molar-refractivity contribution in [2.75, 3.05) is 14.2 Å². The number of ether oxygens (including phenoxy) is 2. The fourth-order valence-electron chi connectivity index (χ4n) is 2.04. The van der Waals surface area contributed by atoms with Crippen molar-refractivity contribution in [2.24, 2.45) is 0 Å². The molecule has 0 radical (unpaired) electrons. The van der Waals surface area contributed by atoms with Crippen LogP contribution in [-0.4, -0.2) is 26.2 Å². The minimum absolute atomic E-state index is 0.115. The van der Waals surface area contributed by atoms with Crippen LogP contribution in [0.3, 0.4) is 0 Å². The van der Waals surface area contributed by atoms with Gasteiger partial charge in [0.1, 0.15) is 0 Å². The maximum atomic E-state index is 11.7. The van der Waals surface area contributed by atoms with Crippen LogP contribution in [0.2, 0.25) is 0 Å². The fraction of sp³-hybridized carbons (Fsp3) is 0.176. The van der Waals surface area contributed by atoms with E-state index in [2.05, 4.69) is 4.74 Å². The predicted molar refractivity (Wildman–Crippen MR) is 80.6 cm³/mol. The topological polar surface area (TPSA) is 52.6 Å². The van der Waals surface area contributed by atoms with Gasteiger partial charge in [-0.3, -0.25) is 4.79 Å². The molecule has 0 aliphatic carbocycles. The minimum Gasteiger partial charge on any atom is -0.469 e. The quantitative estimate of drug-likeness (QED) is 0.640. The Morgan fingerprint density at radius 1 is 1.00 bits per heavy atom. The van der Waals surface area contributed by atoms with E-state index in [1.807, 2.05) is 42.5 Å². The van der Waals surface area contributed by atoms with Gasteiger partial charge in [-0.05, 0) is 28.5 Å². The molecule has 0 amide bonds. The van der Waals surface area contributed by atoms with Gasteiger partial charge in [0, 0.05) is 5.57 Å². The van der Waals surface area contributed by atoms with Gasteiger partial charge in [0.05, 0.1) is 20.6 Å². The summed E-state index contributed by atoms with van der Waals surface area (Å²) >= 11 is 0. The first-order valence-corrected chi connectivity index (χ1v) is 6.48. The summed E-state index contributed by atoms with van der Waals surface area (Å²) in [5.74, 6) is -1.01. The van der Waals surface area contributed by atoms with E-state index in [1.165, 1.54) is 14.2 Å². The van der Waals surface area contributed by atoms with Crippen molar-refractivity contribution in [3.05, 3.63) is 53.6 Å². The van der Waals surface area contributed by atoms with E-state index in [0.717, 1.165) is 16.3 Å². The lowest BCUT2D eigenvalue weighted by Crippen LogP contribution is -2.10. The highest BCUT2D eigenvalue weighted by atomic mass is 16.5. The van der Waals surface area contributed by atoms with Crippen molar-refractivity contribution in [3.8, 4) is 0 Å². The lowest BCUT2D eigenvalue weighted by molar-refractivity contribution is -0.143. The fourth-order valence-corrected chi connectivity index (χ4v) is 2.04. The van der Waals surface area contributed by atoms with Crippen molar-refractivity contribution in [1.82, 2.24) is 0 Å². The number of esters is 2. The first-order chi connectivity index (χ1) is 10.1. The molecule has 4 nitrogen and oxygen atoms in total. The van der Waals surface area contributed by atoms with Crippen LogP contribution in [0.4, 0.5) is 0 Å². The van der Waals surface area contributed by atoms with E-state index < -0.39 is 11.9 Å². The monoisotopic (exact) mass is 284 g/mol. The van der Waals surface area contributed by atoms with Gasteiger partial charge in [0.25, 0.3) is 0 Å². The van der Waals surface area contributed by atoms with Crippen molar-refractivity contribution in [3.63, 3.8) is 0 Å². The second-order valence-corrected chi connectivity index (χ2v) is 4.52. The van der Waals surface area contributed by atoms with Crippen molar-refractivity contribution >= 4 is 28.8 Å². The van der Waals surface area contributed by atoms with Crippen molar-refractivity contribution in [2.45, 2.75) is 6.42 Å². The largest absolute Gasteiger partial charge is 0.469 e. The smallest absolute Gasteiger partial charge is 0.334 e. The van der Waals surface area contributed by atoms with E-state index >= 15 is 0 Å². The van der Waals surface area contributed by atoms with E-state index in [9.17, 15) is 9.59 Å². The first kappa shape index (κ1) is 14.8. The number of carbonyl (C=O) groups is 2. The van der Waals surface area contributed by atoms with E-state index in [-0.39, 0.29) is 12.0 Å². The van der Waals surface area contributed by atoms with Crippen molar-refractivity contribution in [1.29, 1.82) is 0 Å². The van der Waals surface area contributed by atoms with Crippen LogP contribution in [0.5, 0.6) is 0 Å². The summed E-state index contributed by atoms with van der Waals surface area (Å²) in [6.45, 7) is 0. The Kier molecular flexibility index (Phi) is 4.72. The summed E-state index contributed by atoms with van der Waals surface area (Å²) in [6.07, 6.45) is 1.53. The van der Waals surface area contributed by atoms with Gasteiger partial charge >= 0.3 is 11.9 Å². The number of hydrogen-bond donors (Lipinski definition) is 0. The standard InChI is InChI=1S/C17H16O4/c1-20-16(18)11-15(17(19)21-2)10-12-7-8-13-5-3-4-6-14(13)9-12/h3-10H,11H2,1-2H3/b15-10+. The molecule has 21 heavy (non-hydrogen) atoms. The van der Waals surface area contributed by atoms with Crippen LogP contribution in [0.15, 0.2) is 48.0 Å². The van der Waals surface area contributed by atoms with Crippen LogP contribution in [0.1, 0.15) is 12.0 Å². The first-order valence-electron chi connectivity index (χ1n) is 6.48. The zero-order valence-corrected chi connectivity index (χ0v) is 12.0. The zero-order valence-electron chi connectivity index (χ0n) is 12.0. The number of benzene rings is 2. The third kappa shape index (κ3) is 3.69. The normalized spacial score (nSPS) is 11.2. The summed E-state index contributed by atoms with van der Waals surface area (Å²) in [6, 6.07) is 13.7. The molecule has 0 atom stereocenters. The van der Waals surface area contributed by atoms with Gasteiger partial charge in [-0.2, -0.15) is 0 Å². The highest BCUT2D eigenvalue weighted by Crippen LogP contribution is 2.19. The molecule has 108 valence electrons. The Labute approximate surface area is 123 Å². The predicted octanol–water partition coefficient (Wildman–Crippen LogP) is 2.96. The highest BCUT2D eigenvalue weighted by Gasteiger charge is 2.14. The Balaban J connectivity index is 2.38. The number of rotatable bonds is 4. The Hall–Kier alpha value is -2.62. The Bertz CT molecular complexity index is 701. The lowest BCUT2D eigenvalue weighted by atomic mass is 10.0. The molecule has 0 spiro atoms. The average molecular weight is 284 g/mol. The number of hydrogen-bond acceptors (Lipinski definition) is 4. The van der Waals surface area contributed by atoms with Crippen LogP contribution in [-0.2, 0) is 19.1 Å². The summed E-state index contributed by atoms with van der Waals surface area (Å²) in [5, 5.41) is 2.18. The van der Waals surface area contributed by atoms with E-state index in [0.29, 0.717) is 0 Å². The minimum atomic E-state index is -0.534. The Morgan fingerprint density at radius 3 is 2.38 bits per heavy atom. The molecule has 0 bridgehead atoms. The van der Waals surface area contributed by atoms with Gasteiger partial charge in [-0.15, -0.1) is 0 Å². The summed E-state index contributed by atoms with van der Waals surface area (Å²) in [5.41, 5.74) is 1.10. The Morgan fingerprint density at radius 2 is 1.71 bits per heavy atom. The molecule has 0 fully saturated rings. The number of methoxy groups -OCH3 is 2. The maximum Gasteiger partial charge on any atom is 0.334 e. The zero-order chi connectivity index (χ0) is 15.2. The van der Waals surface area contributed by atoms with Crippen LogP contribution < -0.4 is 0 Å². The molecule has 2 aromatic carbocycles. The maximum absolute atomic E-state index is 11.7. The highest BCUT2D eigenvalue weighted by molar-refractivity contribution is 5.98. The van der Waals surface area contributed by atoms with Gasteiger partial charge in [-0.1, -0.05) is 36.4 Å². The van der Waals surface area contributed by atoms with E-state index in [4.69, 9.17) is 4.74 Å². The van der Waals surface area contributed by atoms with Gasteiger partial charge in [0.2, 0.25) is 0 Å². The third-order valence-corrected chi connectivity index (χ3v) is 3.12. The molecule has 2 aromatic rings. The van der Waals surface area contributed by atoms with Gasteiger partial charge in [-0.25, -0.2) is 4.79 Å². The molecule has 0 heterocycles. The van der Waals surface area contributed by atoms with Crippen LogP contribution in [0.25, 0.3) is 16.8 Å². The third-order valence-electron chi connectivity index (χ3n) is 3.12. The molecule has 0 aliphatic heterocycles. The molecular weight excluding hydrogens is 268 g/mol. The van der Waals surface area contributed by atoms with Crippen LogP contribution in [0, 0.1) is 0 Å². The van der Waals surface area contributed by atoms with E-state index in [1.54, 1.807) is 6.08 Å².